The highest BCUT2D eigenvalue weighted by Gasteiger charge is 2.32. The molecule has 232 valence electrons. The van der Waals surface area contributed by atoms with Crippen LogP contribution in [0.1, 0.15) is 43.8 Å². The molecule has 1 aliphatic heterocycles. The molecule has 0 spiro atoms. The lowest BCUT2D eigenvalue weighted by Crippen LogP contribution is -2.35. The summed E-state index contributed by atoms with van der Waals surface area (Å²) in [5.74, 6) is 0.0717. The molecular formula is C33H32N4O7S. The molecule has 0 saturated heterocycles. The van der Waals surface area contributed by atoms with E-state index in [0.29, 0.717) is 52.5 Å². The first kappa shape index (κ1) is 29.9. The van der Waals surface area contributed by atoms with Crippen LogP contribution >= 0.6 is 11.3 Å². The van der Waals surface area contributed by atoms with Crippen LogP contribution in [-0.2, 0) is 31.3 Å². The van der Waals surface area contributed by atoms with E-state index in [1.54, 1.807) is 38.3 Å². The summed E-state index contributed by atoms with van der Waals surface area (Å²) in [4.78, 5) is 48.4. The highest BCUT2D eigenvalue weighted by molar-refractivity contribution is 7.19. The molecule has 1 aliphatic rings. The van der Waals surface area contributed by atoms with E-state index in [0.717, 1.165) is 20.4 Å². The Kier molecular flexibility index (Phi) is 8.07. The molecule has 1 amide bonds. The molecule has 1 N–H and O–H groups in total. The molecule has 0 radical (unpaired) electrons. The van der Waals surface area contributed by atoms with Gasteiger partial charge in [-0.2, -0.15) is 0 Å². The summed E-state index contributed by atoms with van der Waals surface area (Å²) < 4.78 is 19.1. The summed E-state index contributed by atoms with van der Waals surface area (Å²) in [5, 5.41) is 11.4. The average molecular weight is 629 g/mol. The van der Waals surface area contributed by atoms with Gasteiger partial charge in [-0.3, -0.25) is 13.9 Å². The van der Waals surface area contributed by atoms with E-state index in [9.17, 15) is 19.5 Å². The largest absolute Gasteiger partial charge is 0.493 e. The lowest BCUT2D eigenvalue weighted by atomic mass is 9.91. The fourth-order valence-electron chi connectivity index (χ4n) is 5.81. The molecule has 0 aliphatic carbocycles. The van der Waals surface area contributed by atoms with Gasteiger partial charge in [-0.05, 0) is 48.7 Å². The number of fused-ring (bicyclic) bond motifs is 3. The van der Waals surface area contributed by atoms with Gasteiger partial charge in [0.05, 0.1) is 51.4 Å². The van der Waals surface area contributed by atoms with E-state index in [4.69, 9.17) is 19.2 Å². The van der Waals surface area contributed by atoms with Crippen molar-refractivity contribution in [3.05, 3.63) is 92.5 Å². The summed E-state index contributed by atoms with van der Waals surface area (Å²) in [6.45, 7) is 2.55. The Balaban J connectivity index is 1.60. The van der Waals surface area contributed by atoms with Crippen molar-refractivity contribution in [2.45, 2.75) is 26.4 Å². The molecule has 2 aromatic carbocycles. The van der Waals surface area contributed by atoms with Crippen LogP contribution in [0, 0.1) is 0 Å². The Morgan fingerprint density at radius 2 is 1.82 bits per heavy atom. The first-order valence-electron chi connectivity index (χ1n) is 14.4. The van der Waals surface area contributed by atoms with Gasteiger partial charge in [0, 0.05) is 35.0 Å². The Hall–Kier alpha value is -5.10. The van der Waals surface area contributed by atoms with Crippen LogP contribution in [-0.4, -0.2) is 63.4 Å². The molecule has 0 atom stereocenters. The van der Waals surface area contributed by atoms with Crippen LogP contribution in [0.5, 0.6) is 17.4 Å². The highest BCUT2D eigenvalue weighted by atomic mass is 32.1. The highest BCUT2D eigenvalue weighted by Crippen LogP contribution is 2.45. The van der Waals surface area contributed by atoms with Gasteiger partial charge < -0.3 is 24.2 Å². The number of ether oxygens (including phenoxy) is 3. The zero-order chi connectivity index (χ0) is 31.8. The van der Waals surface area contributed by atoms with E-state index in [1.807, 2.05) is 29.2 Å². The molecule has 0 saturated carbocycles. The van der Waals surface area contributed by atoms with Crippen molar-refractivity contribution >= 4 is 33.4 Å². The Bertz CT molecular complexity index is 1990. The van der Waals surface area contributed by atoms with Crippen LogP contribution in [0.4, 0.5) is 0 Å². The number of nitrogens with zero attached hydrogens (tertiary/aromatic N) is 4. The zero-order valence-corrected chi connectivity index (χ0v) is 26.1. The third kappa shape index (κ3) is 5.31. The molecule has 4 heterocycles. The van der Waals surface area contributed by atoms with Crippen molar-refractivity contribution in [3.8, 4) is 28.5 Å². The van der Waals surface area contributed by atoms with Crippen molar-refractivity contribution in [2.24, 2.45) is 7.05 Å². The van der Waals surface area contributed by atoms with Gasteiger partial charge in [0.15, 0.2) is 11.5 Å². The summed E-state index contributed by atoms with van der Waals surface area (Å²) in [6, 6.07) is 14.6. The number of carbonyl (C=O) groups is 2. The molecule has 6 rings (SSSR count). The summed E-state index contributed by atoms with van der Waals surface area (Å²) in [5.41, 5.74) is 2.86. The topological polar surface area (TPSA) is 125 Å². The number of aromatic hydroxyl groups is 1. The SMILES string of the molecule is CCOC(=O)c1c(Cn2c(O)cn(C)c2=O)nc2sc3c(c2c1-c1ccc(OC)c(OC)c1)CCN(C(=O)c1ccccc1)C3. The normalized spacial score (nSPS) is 12.7. The second kappa shape index (κ2) is 12.1. The second-order valence-corrected chi connectivity index (χ2v) is 11.7. The van der Waals surface area contributed by atoms with Gasteiger partial charge in [0.1, 0.15) is 4.83 Å². The van der Waals surface area contributed by atoms with E-state index in [1.165, 1.54) is 36.3 Å². The molecule has 11 nitrogen and oxygen atoms in total. The maximum atomic E-state index is 13.8. The number of hydrogen-bond acceptors (Lipinski definition) is 9. The number of thiophene rings is 1. The summed E-state index contributed by atoms with van der Waals surface area (Å²) in [6.07, 6.45) is 1.86. The minimum Gasteiger partial charge on any atom is -0.493 e. The number of aryl methyl sites for hydroxylation is 1. The lowest BCUT2D eigenvalue weighted by Gasteiger charge is -2.27. The van der Waals surface area contributed by atoms with E-state index >= 15 is 0 Å². The van der Waals surface area contributed by atoms with Crippen molar-refractivity contribution < 1.29 is 28.9 Å². The molecular weight excluding hydrogens is 596 g/mol. The lowest BCUT2D eigenvalue weighted by molar-refractivity contribution is 0.0525. The zero-order valence-electron chi connectivity index (χ0n) is 25.3. The van der Waals surface area contributed by atoms with Gasteiger partial charge in [0.2, 0.25) is 5.88 Å². The molecule has 5 aromatic rings. The molecule has 0 fully saturated rings. The molecule has 0 bridgehead atoms. The van der Waals surface area contributed by atoms with Crippen molar-refractivity contribution in [1.29, 1.82) is 0 Å². The van der Waals surface area contributed by atoms with Gasteiger partial charge in [-0.1, -0.05) is 24.3 Å². The van der Waals surface area contributed by atoms with Gasteiger partial charge in [-0.15, -0.1) is 11.3 Å². The third-order valence-electron chi connectivity index (χ3n) is 7.95. The molecule has 45 heavy (non-hydrogen) atoms. The van der Waals surface area contributed by atoms with Crippen molar-refractivity contribution in [3.63, 3.8) is 0 Å². The predicted octanol–water partition coefficient (Wildman–Crippen LogP) is 4.61. The fourth-order valence-corrected chi connectivity index (χ4v) is 7.08. The van der Waals surface area contributed by atoms with Crippen LogP contribution in [0.15, 0.2) is 59.5 Å². The van der Waals surface area contributed by atoms with Crippen LogP contribution in [0.3, 0.4) is 0 Å². The van der Waals surface area contributed by atoms with Gasteiger partial charge in [0.25, 0.3) is 5.91 Å². The Morgan fingerprint density at radius 1 is 1.07 bits per heavy atom. The van der Waals surface area contributed by atoms with Crippen LogP contribution in [0.2, 0.25) is 0 Å². The number of benzene rings is 2. The summed E-state index contributed by atoms with van der Waals surface area (Å²) in [7, 11) is 4.62. The van der Waals surface area contributed by atoms with Crippen molar-refractivity contribution in [1.82, 2.24) is 19.0 Å². The number of methoxy groups -OCH3 is 2. The fraction of sp³-hybridized carbons (Fsp3) is 0.273. The number of pyridine rings is 1. The molecule has 0 unspecified atom stereocenters. The minimum absolute atomic E-state index is 0.0568. The van der Waals surface area contributed by atoms with Crippen LogP contribution in [0.25, 0.3) is 21.3 Å². The number of hydrogen-bond donors (Lipinski definition) is 1. The Morgan fingerprint density at radius 3 is 2.49 bits per heavy atom. The van der Waals surface area contributed by atoms with E-state index in [2.05, 4.69) is 0 Å². The second-order valence-electron chi connectivity index (χ2n) is 10.6. The smallest absolute Gasteiger partial charge is 0.340 e. The standard InChI is InChI=1S/C33H32N4O7S/c1-5-44-32(40)29-22(16-37-26(38)18-35(2)33(37)41)34-30-28(27(29)20-11-12-23(42-3)24(15-20)43-4)21-13-14-36(17-25(21)45-30)31(39)19-9-7-6-8-10-19/h6-12,15,18,38H,5,13-14,16-17H2,1-4H3. The van der Waals surface area contributed by atoms with Crippen LogP contribution < -0.4 is 15.2 Å². The maximum absolute atomic E-state index is 13.8. The molecule has 3 aromatic heterocycles. The van der Waals surface area contributed by atoms with Gasteiger partial charge >= 0.3 is 11.7 Å². The monoisotopic (exact) mass is 628 g/mol. The number of imidazole rings is 1. The predicted molar refractivity (Wildman–Crippen MR) is 169 cm³/mol. The quantitative estimate of drug-likeness (QED) is 0.247. The third-order valence-corrected chi connectivity index (χ3v) is 9.06. The Labute approximate surface area is 262 Å². The number of aromatic nitrogens is 3. The summed E-state index contributed by atoms with van der Waals surface area (Å²) >= 11 is 1.45. The number of carbonyl (C=O) groups excluding carboxylic acids is 2. The van der Waals surface area contributed by atoms with E-state index < -0.39 is 11.7 Å². The number of esters is 1. The first-order chi connectivity index (χ1) is 21.7. The van der Waals surface area contributed by atoms with Crippen molar-refractivity contribution in [2.75, 3.05) is 27.4 Å². The first-order valence-corrected chi connectivity index (χ1v) is 15.2. The average Bonchev–Trinajstić information content (AvgIpc) is 3.54. The maximum Gasteiger partial charge on any atom is 0.340 e. The van der Waals surface area contributed by atoms with Gasteiger partial charge in [-0.25, -0.2) is 14.6 Å². The van der Waals surface area contributed by atoms with E-state index in [-0.39, 0.29) is 36.2 Å². The number of rotatable bonds is 8. The molecule has 12 heteroatoms. The number of amides is 1. The minimum atomic E-state index is -0.605.